The molecule has 0 atom stereocenters. The smallest absolute Gasteiger partial charge is 0.195 e. The first-order chi connectivity index (χ1) is 20.2. The molecule has 4 heteroatoms. The summed E-state index contributed by atoms with van der Waals surface area (Å²) in [4.78, 5) is 14.0. The Morgan fingerprint density at radius 2 is 0.634 bits per heavy atom. The standard InChI is InChI=1S/C37H20OS3/c38-37-29-19-23(21-9-13-33-27(17-21)25-5-1-3-7-31(25)39-33)11-15-35(29)41-36-16-12-24(20-30(36)37)22-10-14-34-28(18-22)26-6-2-4-8-32(26)40-34/h1-20H. The minimum absolute atomic E-state index is 0.0987. The summed E-state index contributed by atoms with van der Waals surface area (Å²) >= 11 is 5.34. The van der Waals surface area contributed by atoms with Crippen molar-refractivity contribution in [3.05, 3.63) is 132 Å². The number of hydrogen-bond acceptors (Lipinski definition) is 4. The fraction of sp³-hybridized carbons (Fsp3) is 0. The fourth-order valence-electron chi connectivity index (χ4n) is 6.03. The molecular formula is C37H20OS3. The lowest BCUT2D eigenvalue weighted by Gasteiger charge is -2.08. The Bertz CT molecular complexity index is 2390. The zero-order chi connectivity index (χ0) is 27.1. The zero-order valence-electron chi connectivity index (χ0n) is 21.7. The highest BCUT2D eigenvalue weighted by atomic mass is 32.1. The van der Waals surface area contributed by atoms with Gasteiger partial charge in [0.05, 0.1) is 0 Å². The number of hydrogen-bond donors (Lipinski definition) is 0. The van der Waals surface area contributed by atoms with E-state index in [1.165, 1.54) is 40.3 Å². The first-order valence-corrected chi connectivity index (χ1v) is 16.0. The van der Waals surface area contributed by atoms with E-state index in [1.54, 1.807) is 11.3 Å². The molecule has 41 heavy (non-hydrogen) atoms. The normalized spacial score (nSPS) is 12.0. The minimum Gasteiger partial charge on any atom is -0.289 e. The van der Waals surface area contributed by atoms with Crippen LogP contribution in [-0.2, 0) is 0 Å². The number of benzene rings is 6. The first-order valence-electron chi connectivity index (χ1n) is 13.5. The Balaban J connectivity index is 1.19. The van der Waals surface area contributed by atoms with Crippen LogP contribution >= 0.6 is 34.0 Å². The van der Waals surface area contributed by atoms with Gasteiger partial charge in [-0.25, -0.2) is 0 Å². The third-order valence-corrected chi connectivity index (χ3v) is 11.5. The summed E-state index contributed by atoms with van der Waals surface area (Å²) in [7, 11) is 0. The second-order valence-electron chi connectivity index (χ2n) is 10.5. The molecule has 9 aromatic rings. The predicted octanol–water partition coefficient (Wildman–Crippen LogP) is 11.5. The van der Waals surface area contributed by atoms with Crippen molar-refractivity contribution in [2.45, 2.75) is 0 Å². The molecule has 0 N–H and O–H groups in total. The lowest BCUT2D eigenvalue weighted by molar-refractivity contribution is 1.68. The van der Waals surface area contributed by atoms with Crippen LogP contribution in [0.3, 0.4) is 0 Å². The Morgan fingerprint density at radius 3 is 1.05 bits per heavy atom. The molecule has 0 spiro atoms. The Hall–Kier alpha value is -4.35. The summed E-state index contributed by atoms with van der Waals surface area (Å²) < 4.78 is 7.22. The maximum atomic E-state index is 14.0. The van der Waals surface area contributed by atoms with Gasteiger partial charge in [-0.05, 0) is 82.9 Å². The fourth-order valence-corrected chi connectivity index (χ4v) is 9.23. The van der Waals surface area contributed by atoms with Crippen LogP contribution in [0.4, 0.5) is 0 Å². The molecule has 0 amide bonds. The van der Waals surface area contributed by atoms with E-state index in [-0.39, 0.29) is 5.43 Å². The molecule has 3 aromatic heterocycles. The van der Waals surface area contributed by atoms with E-state index in [0.717, 1.165) is 42.4 Å². The molecule has 1 nitrogen and oxygen atoms in total. The second-order valence-corrected chi connectivity index (χ2v) is 13.7. The van der Waals surface area contributed by atoms with Gasteiger partial charge in [-0.15, -0.1) is 34.0 Å². The van der Waals surface area contributed by atoms with E-state index in [0.29, 0.717) is 0 Å². The van der Waals surface area contributed by atoms with Gasteiger partial charge in [-0.1, -0.05) is 60.7 Å². The van der Waals surface area contributed by atoms with Crippen molar-refractivity contribution in [1.82, 2.24) is 0 Å². The highest BCUT2D eigenvalue weighted by molar-refractivity contribution is 7.26. The second kappa shape index (κ2) is 8.82. The monoisotopic (exact) mass is 576 g/mol. The van der Waals surface area contributed by atoms with Crippen LogP contribution < -0.4 is 5.43 Å². The van der Waals surface area contributed by atoms with Crippen molar-refractivity contribution >= 4 is 94.5 Å². The molecule has 0 aliphatic heterocycles. The summed E-state index contributed by atoms with van der Waals surface area (Å²) in [5.41, 5.74) is 4.52. The van der Waals surface area contributed by atoms with Crippen molar-refractivity contribution in [2.24, 2.45) is 0 Å². The van der Waals surface area contributed by atoms with Gasteiger partial charge in [0, 0.05) is 60.5 Å². The van der Waals surface area contributed by atoms with E-state index in [1.807, 2.05) is 22.7 Å². The maximum absolute atomic E-state index is 14.0. The van der Waals surface area contributed by atoms with E-state index < -0.39 is 0 Å². The molecule has 0 saturated heterocycles. The van der Waals surface area contributed by atoms with Gasteiger partial charge >= 0.3 is 0 Å². The summed E-state index contributed by atoms with van der Waals surface area (Å²) in [6.07, 6.45) is 0. The molecule has 0 radical (unpaired) electrons. The van der Waals surface area contributed by atoms with Crippen LogP contribution in [0.15, 0.2) is 126 Å². The van der Waals surface area contributed by atoms with Crippen LogP contribution in [0.2, 0.25) is 0 Å². The van der Waals surface area contributed by atoms with Gasteiger partial charge in [-0.2, -0.15) is 0 Å². The minimum atomic E-state index is 0.0987. The van der Waals surface area contributed by atoms with Gasteiger partial charge in [0.1, 0.15) is 0 Å². The zero-order valence-corrected chi connectivity index (χ0v) is 24.1. The van der Waals surface area contributed by atoms with Crippen molar-refractivity contribution in [3.8, 4) is 22.3 Å². The molecule has 9 rings (SSSR count). The molecule has 0 fully saturated rings. The summed E-state index contributed by atoms with van der Waals surface area (Å²) in [6, 6.07) is 43.1. The molecular weight excluding hydrogens is 557 g/mol. The van der Waals surface area contributed by atoms with Crippen LogP contribution in [0.5, 0.6) is 0 Å². The Kier molecular flexibility index (Phi) is 5.03. The summed E-state index contributed by atoms with van der Waals surface area (Å²) in [5.74, 6) is 0. The van der Waals surface area contributed by atoms with Crippen molar-refractivity contribution in [2.75, 3.05) is 0 Å². The van der Waals surface area contributed by atoms with E-state index in [9.17, 15) is 4.79 Å². The van der Waals surface area contributed by atoms with Crippen molar-refractivity contribution in [1.29, 1.82) is 0 Å². The molecule has 3 heterocycles. The highest BCUT2D eigenvalue weighted by Crippen LogP contribution is 2.39. The third-order valence-electron chi connectivity index (χ3n) is 8.09. The largest absolute Gasteiger partial charge is 0.289 e. The van der Waals surface area contributed by atoms with Gasteiger partial charge in [0.15, 0.2) is 5.43 Å². The molecule has 6 aromatic carbocycles. The highest BCUT2D eigenvalue weighted by Gasteiger charge is 2.12. The van der Waals surface area contributed by atoms with Crippen molar-refractivity contribution < 1.29 is 0 Å². The average Bonchev–Trinajstić information content (AvgIpc) is 3.58. The van der Waals surface area contributed by atoms with Crippen LogP contribution in [0, 0.1) is 0 Å². The molecule has 0 aliphatic rings. The van der Waals surface area contributed by atoms with E-state index >= 15 is 0 Å². The van der Waals surface area contributed by atoms with E-state index in [2.05, 4.69) is 121 Å². The van der Waals surface area contributed by atoms with Gasteiger partial charge in [0.25, 0.3) is 0 Å². The van der Waals surface area contributed by atoms with Gasteiger partial charge < -0.3 is 0 Å². The number of rotatable bonds is 2. The SMILES string of the molecule is O=c1c2cc(-c3ccc4sc5ccccc5c4c3)ccc2sc2ccc(-c3ccc4sc5ccccc5c4c3)cc12. The Morgan fingerprint density at radius 1 is 0.317 bits per heavy atom. The Labute approximate surface area is 247 Å². The topological polar surface area (TPSA) is 17.1 Å². The molecule has 0 aliphatic carbocycles. The molecule has 192 valence electrons. The lowest BCUT2D eigenvalue weighted by Crippen LogP contribution is -2.01. The number of thiophene rings is 2. The third kappa shape index (κ3) is 3.62. The maximum Gasteiger partial charge on any atom is 0.195 e. The summed E-state index contributed by atoms with van der Waals surface area (Å²) in [6.45, 7) is 0. The average molecular weight is 577 g/mol. The van der Waals surface area contributed by atoms with Crippen LogP contribution in [0.25, 0.3) is 82.8 Å². The van der Waals surface area contributed by atoms with Crippen molar-refractivity contribution in [3.63, 3.8) is 0 Å². The number of fused-ring (bicyclic) bond motifs is 8. The summed E-state index contributed by atoms with van der Waals surface area (Å²) in [5, 5.41) is 6.68. The lowest BCUT2D eigenvalue weighted by atomic mass is 10.00. The van der Waals surface area contributed by atoms with Gasteiger partial charge in [-0.3, -0.25) is 4.79 Å². The predicted molar refractivity (Wildman–Crippen MR) is 182 cm³/mol. The van der Waals surface area contributed by atoms with Crippen LogP contribution in [-0.4, -0.2) is 0 Å². The molecule has 0 saturated carbocycles. The van der Waals surface area contributed by atoms with E-state index in [4.69, 9.17) is 0 Å². The molecule has 0 unspecified atom stereocenters. The quantitative estimate of drug-likeness (QED) is 0.187. The van der Waals surface area contributed by atoms with Crippen LogP contribution in [0.1, 0.15) is 0 Å². The molecule has 0 bridgehead atoms. The van der Waals surface area contributed by atoms with Gasteiger partial charge in [0.2, 0.25) is 0 Å². The first kappa shape index (κ1) is 23.4.